The molecule has 0 aliphatic carbocycles. The average Bonchev–Trinajstić information content (AvgIpc) is 2.41. The van der Waals surface area contributed by atoms with Gasteiger partial charge in [-0.15, -0.1) is 0 Å². The third-order valence-corrected chi connectivity index (χ3v) is 3.46. The number of methoxy groups -OCH3 is 1. The summed E-state index contributed by atoms with van der Waals surface area (Å²) < 4.78 is 11.2. The topological polar surface area (TPSA) is 47.7 Å². The normalized spacial score (nSPS) is 19.8. The number of piperidine rings is 1. The predicted octanol–water partition coefficient (Wildman–Crippen LogP) is 2.67. The molecule has 2 rings (SSSR count). The first-order valence-corrected chi connectivity index (χ1v) is 6.94. The highest BCUT2D eigenvalue weighted by Gasteiger charge is 2.22. The highest BCUT2D eigenvalue weighted by atomic mass is 16.5. The van der Waals surface area contributed by atoms with Gasteiger partial charge in [-0.05, 0) is 38.8 Å². The maximum Gasteiger partial charge on any atom is 0.144 e. The molecule has 1 aliphatic heterocycles. The molecule has 0 spiro atoms. The van der Waals surface area contributed by atoms with Gasteiger partial charge in [0.15, 0.2) is 0 Å². The first-order valence-electron chi connectivity index (χ1n) is 6.94. The number of ether oxygens (including phenoxy) is 2. The van der Waals surface area contributed by atoms with Gasteiger partial charge in [0.25, 0.3) is 0 Å². The number of benzene rings is 1. The molecule has 19 heavy (non-hydrogen) atoms. The van der Waals surface area contributed by atoms with Crippen LogP contribution in [0.1, 0.15) is 26.7 Å². The summed E-state index contributed by atoms with van der Waals surface area (Å²) in [6, 6.07) is 5.98. The second-order valence-electron chi connectivity index (χ2n) is 5.30. The van der Waals surface area contributed by atoms with Crippen LogP contribution in [0.4, 0.5) is 11.4 Å². The summed E-state index contributed by atoms with van der Waals surface area (Å²) in [6.45, 7) is 5.93. The van der Waals surface area contributed by atoms with Crippen LogP contribution in [0.5, 0.6) is 5.75 Å². The summed E-state index contributed by atoms with van der Waals surface area (Å²) in [7, 11) is 1.77. The summed E-state index contributed by atoms with van der Waals surface area (Å²) in [4.78, 5) is 2.29. The predicted molar refractivity (Wildman–Crippen MR) is 78.9 cm³/mol. The van der Waals surface area contributed by atoms with Gasteiger partial charge < -0.3 is 20.1 Å². The van der Waals surface area contributed by atoms with E-state index in [4.69, 9.17) is 15.2 Å². The van der Waals surface area contributed by atoms with Crippen molar-refractivity contribution in [2.24, 2.45) is 0 Å². The van der Waals surface area contributed by atoms with E-state index in [1.54, 1.807) is 7.11 Å². The second-order valence-corrected chi connectivity index (χ2v) is 5.30. The number of para-hydroxylation sites is 1. The molecule has 2 N–H and O–H groups in total. The van der Waals surface area contributed by atoms with Crippen LogP contribution in [0.3, 0.4) is 0 Å². The van der Waals surface area contributed by atoms with Crippen molar-refractivity contribution in [3.05, 3.63) is 18.2 Å². The van der Waals surface area contributed by atoms with Gasteiger partial charge in [-0.3, -0.25) is 0 Å². The zero-order valence-electron chi connectivity index (χ0n) is 12.1. The molecule has 0 radical (unpaired) electrons. The first kappa shape index (κ1) is 14.0. The summed E-state index contributed by atoms with van der Waals surface area (Å²) in [5.41, 5.74) is 8.03. The number of hydrogen-bond acceptors (Lipinski definition) is 4. The van der Waals surface area contributed by atoms with E-state index in [1.807, 2.05) is 26.0 Å². The van der Waals surface area contributed by atoms with Crippen LogP contribution in [-0.4, -0.2) is 32.4 Å². The molecule has 0 amide bonds. The smallest absolute Gasteiger partial charge is 0.144 e. The van der Waals surface area contributed by atoms with Crippen molar-refractivity contribution in [3.63, 3.8) is 0 Å². The van der Waals surface area contributed by atoms with E-state index in [0.717, 1.165) is 43.1 Å². The summed E-state index contributed by atoms with van der Waals surface area (Å²) in [5.74, 6) is 0.770. The molecular formula is C15H24N2O2. The molecule has 1 fully saturated rings. The molecule has 1 aromatic rings. The van der Waals surface area contributed by atoms with Crippen LogP contribution < -0.4 is 15.4 Å². The monoisotopic (exact) mass is 264 g/mol. The van der Waals surface area contributed by atoms with Crippen molar-refractivity contribution in [2.45, 2.75) is 38.9 Å². The second kappa shape index (κ2) is 6.15. The Morgan fingerprint density at radius 3 is 2.84 bits per heavy atom. The first-order chi connectivity index (χ1) is 9.11. The Hall–Kier alpha value is -1.42. The van der Waals surface area contributed by atoms with Gasteiger partial charge in [0.1, 0.15) is 5.75 Å². The SMILES string of the molecule is COC1CCCN(c2cccc(OC(C)C)c2N)C1. The van der Waals surface area contributed by atoms with Crippen molar-refractivity contribution in [1.29, 1.82) is 0 Å². The lowest BCUT2D eigenvalue weighted by molar-refractivity contribution is 0.0893. The minimum atomic E-state index is 0.130. The van der Waals surface area contributed by atoms with Crippen molar-refractivity contribution >= 4 is 11.4 Å². The van der Waals surface area contributed by atoms with E-state index in [-0.39, 0.29) is 6.10 Å². The number of nitrogen functional groups attached to an aromatic ring is 1. The van der Waals surface area contributed by atoms with E-state index in [1.165, 1.54) is 0 Å². The van der Waals surface area contributed by atoms with Crippen LogP contribution in [0.2, 0.25) is 0 Å². The molecule has 4 heteroatoms. The summed E-state index contributed by atoms with van der Waals surface area (Å²) in [5, 5.41) is 0. The molecule has 0 bridgehead atoms. The maximum absolute atomic E-state index is 6.24. The largest absolute Gasteiger partial charge is 0.489 e. The molecule has 1 atom stereocenters. The van der Waals surface area contributed by atoms with E-state index in [2.05, 4.69) is 11.0 Å². The summed E-state index contributed by atoms with van der Waals surface area (Å²) >= 11 is 0. The van der Waals surface area contributed by atoms with E-state index in [9.17, 15) is 0 Å². The quantitative estimate of drug-likeness (QED) is 0.849. The standard InChI is InChI=1S/C15H24N2O2/c1-11(2)19-14-8-4-7-13(15(14)16)17-9-5-6-12(10-17)18-3/h4,7-8,11-12H,5-6,9-10,16H2,1-3H3. The lowest BCUT2D eigenvalue weighted by Gasteiger charge is -2.34. The zero-order chi connectivity index (χ0) is 13.8. The highest BCUT2D eigenvalue weighted by Crippen LogP contribution is 2.34. The van der Waals surface area contributed by atoms with Gasteiger partial charge >= 0.3 is 0 Å². The van der Waals surface area contributed by atoms with E-state index >= 15 is 0 Å². The molecular weight excluding hydrogens is 240 g/mol. The number of nitrogens with zero attached hydrogens (tertiary/aromatic N) is 1. The Morgan fingerprint density at radius 1 is 1.37 bits per heavy atom. The minimum Gasteiger partial charge on any atom is -0.489 e. The Labute approximate surface area is 115 Å². The van der Waals surface area contributed by atoms with Gasteiger partial charge in [-0.25, -0.2) is 0 Å². The van der Waals surface area contributed by atoms with Gasteiger partial charge in [-0.2, -0.15) is 0 Å². The molecule has 1 aliphatic rings. The van der Waals surface area contributed by atoms with Gasteiger partial charge in [0, 0.05) is 20.2 Å². The Balaban J connectivity index is 2.19. The fraction of sp³-hybridized carbons (Fsp3) is 0.600. The Kier molecular flexibility index (Phi) is 4.53. The molecule has 0 saturated carbocycles. The number of nitrogens with two attached hydrogens (primary N) is 1. The van der Waals surface area contributed by atoms with Crippen LogP contribution in [0.15, 0.2) is 18.2 Å². The average molecular weight is 264 g/mol. The summed E-state index contributed by atoms with van der Waals surface area (Å²) in [6.07, 6.45) is 2.68. The molecule has 1 saturated heterocycles. The Bertz CT molecular complexity index is 421. The Morgan fingerprint density at radius 2 is 2.16 bits per heavy atom. The molecule has 1 aromatic carbocycles. The lowest BCUT2D eigenvalue weighted by atomic mass is 10.1. The van der Waals surface area contributed by atoms with Crippen LogP contribution in [0, 0.1) is 0 Å². The van der Waals surface area contributed by atoms with E-state index < -0.39 is 0 Å². The number of rotatable bonds is 4. The maximum atomic E-state index is 6.24. The zero-order valence-corrected chi connectivity index (χ0v) is 12.1. The molecule has 106 valence electrons. The van der Waals surface area contributed by atoms with Crippen molar-refractivity contribution in [3.8, 4) is 5.75 Å². The van der Waals surface area contributed by atoms with Crippen LogP contribution in [0.25, 0.3) is 0 Å². The van der Waals surface area contributed by atoms with Crippen LogP contribution >= 0.6 is 0 Å². The molecule has 0 aromatic heterocycles. The lowest BCUT2D eigenvalue weighted by Crippen LogP contribution is -2.39. The third-order valence-electron chi connectivity index (χ3n) is 3.46. The van der Waals surface area contributed by atoms with Gasteiger partial charge in [-0.1, -0.05) is 6.07 Å². The fourth-order valence-corrected chi connectivity index (χ4v) is 2.51. The number of anilines is 2. The number of hydrogen-bond donors (Lipinski definition) is 1. The molecule has 1 heterocycles. The third kappa shape index (κ3) is 3.32. The van der Waals surface area contributed by atoms with Crippen LogP contribution in [-0.2, 0) is 4.74 Å². The molecule has 1 unspecified atom stereocenters. The fourth-order valence-electron chi connectivity index (χ4n) is 2.51. The van der Waals surface area contributed by atoms with Gasteiger partial charge in [0.05, 0.1) is 23.6 Å². The van der Waals surface area contributed by atoms with Gasteiger partial charge in [0.2, 0.25) is 0 Å². The van der Waals surface area contributed by atoms with Crippen molar-refractivity contribution in [2.75, 3.05) is 30.8 Å². The highest BCUT2D eigenvalue weighted by molar-refractivity contribution is 5.74. The van der Waals surface area contributed by atoms with Crippen molar-refractivity contribution in [1.82, 2.24) is 0 Å². The van der Waals surface area contributed by atoms with E-state index in [0.29, 0.717) is 6.10 Å². The van der Waals surface area contributed by atoms with Crippen molar-refractivity contribution < 1.29 is 9.47 Å². The minimum absolute atomic E-state index is 0.130. The molecule has 4 nitrogen and oxygen atoms in total.